The summed E-state index contributed by atoms with van der Waals surface area (Å²) in [7, 11) is 0. The first-order valence-corrected chi connectivity index (χ1v) is 9.83. The molecule has 1 saturated heterocycles. The number of nitrogens with zero attached hydrogens (tertiary/aromatic N) is 1. The van der Waals surface area contributed by atoms with Crippen molar-refractivity contribution in [3.05, 3.63) is 53.1 Å². The summed E-state index contributed by atoms with van der Waals surface area (Å²) in [4.78, 5) is 38.7. The van der Waals surface area contributed by atoms with Crippen LogP contribution in [-0.4, -0.2) is 42.4 Å². The number of carbonyl (C=O) groups is 3. The standard InChI is InChI=1S/C22H20F2N2O5/c1-12(27)16-9-19-20(31-11-30-19)10-18(16)25-21(28)13-4-6-26(7-5-13)22(29)15-3-2-14(23)8-17(15)24/h2-3,8-10,13H,4-7,11H2,1H3,(H,25,28). The van der Waals surface area contributed by atoms with E-state index in [1.165, 1.54) is 11.8 Å². The molecule has 0 spiro atoms. The molecule has 1 N–H and O–H groups in total. The van der Waals surface area contributed by atoms with Gasteiger partial charge < -0.3 is 19.7 Å². The van der Waals surface area contributed by atoms with Crippen molar-refractivity contribution in [2.75, 3.05) is 25.2 Å². The Morgan fingerprint density at radius 1 is 1.00 bits per heavy atom. The number of hydrogen-bond acceptors (Lipinski definition) is 5. The molecule has 162 valence electrons. The predicted molar refractivity (Wildman–Crippen MR) is 106 cm³/mol. The summed E-state index contributed by atoms with van der Waals surface area (Å²) in [5.74, 6) is -2.19. The Morgan fingerprint density at radius 2 is 1.68 bits per heavy atom. The van der Waals surface area contributed by atoms with E-state index < -0.39 is 17.5 Å². The van der Waals surface area contributed by atoms with Gasteiger partial charge in [0.1, 0.15) is 11.6 Å². The Kier molecular flexibility index (Phi) is 5.58. The predicted octanol–water partition coefficient (Wildman–Crippen LogP) is 3.39. The van der Waals surface area contributed by atoms with Gasteiger partial charge in [-0.15, -0.1) is 0 Å². The lowest BCUT2D eigenvalue weighted by atomic mass is 9.95. The molecule has 0 bridgehead atoms. The van der Waals surface area contributed by atoms with E-state index in [2.05, 4.69) is 5.32 Å². The van der Waals surface area contributed by atoms with E-state index in [-0.39, 0.29) is 43.1 Å². The summed E-state index contributed by atoms with van der Waals surface area (Å²) in [6.45, 7) is 1.96. The fraction of sp³-hybridized carbons (Fsp3) is 0.318. The lowest BCUT2D eigenvalue weighted by Crippen LogP contribution is -2.41. The number of rotatable bonds is 4. The Balaban J connectivity index is 1.41. The van der Waals surface area contributed by atoms with Gasteiger partial charge in [0, 0.05) is 36.7 Å². The Bertz CT molecular complexity index is 1060. The monoisotopic (exact) mass is 430 g/mol. The highest BCUT2D eigenvalue weighted by Gasteiger charge is 2.30. The minimum absolute atomic E-state index is 0.0468. The van der Waals surface area contributed by atoms with Crippen molar-refractivity contribution in [3.63, 3.8) is 0 Å². The van der Waals surface area contributed by atoms with Crippen LogP contribution in [0.4, 0.5) is 14.5 Å². The highest BCUT2D eigenvalue weighted by atomic mass is 19.1. The number of amides is 2. The van der Waals surface area contributed by atoms with Crippen molar-refractivity contribution < 1.29 is 32.6 Å². The molecule has 4 rings (SSSR count). The van der Waals surface area contributed by atoms with Crippen molar-refractivity contribution in [2.45, 2.75) is 19.8 Å². The third kappa shape index (κ3) is 4.21. The van der Waals surface area contributed by atoms with Crippen LogP contribution < -0.4 is 14.8 Å². The Hall–Kier alpha value is -3.49. The van der Waals surface area contributed by atoms with Gasteiger partial charge in [-0.3, -0.25) is 14.4 Å². The van der Waals surface area contributed by atoms with E-state index >= 15 is 0 Å². The van der Waals surface area contributed by atoms with Gasteiger partial charge in [0.15, 0.2) is 17.3 Å². The van der Waals surface area contributed by atoms with Crippen molar-refractivity contribution >= 4 is 23.3 Å². The van der Waals surface area contributed by atoms with E-state index in [1.807, 2.05) is 0 Å². The topological polar surface area (TPSA) is 84.9 Å². The molecule has 0 aliphatic carbocycles. The summed E-state index contributed by atoms with van der Waals surface area (Å²) >= 11 is 0. The van der Waals surface area contributed by atoms with Crippen LogP contribution in [0.1, 0.15) is 40.5 Å². The molecule has 2 aliphatic heterocycles. The second-order valence-corrected chi connectivity index (χ2v) is 7.49. The van der Waals surface area contributed by atoms with Gasteiger partial charge in [-0.05, 0) is 38.0 Å². The van der Waals surface area contributed by atoms with E-state index in [1.54, 1.807) is 12.1 Å². The molecule has 1 fully saturated rings. The molecule has 2 aliphatic rings. The Labute approximate surface area is 176 Å². The molecule has 2 amide bonds. The molecule has 2 aromatic rings. The number of piperidine rings is 1. The van der Waals surface area contributed by atoms with Crippen molar-refractivity contribution in [2.24, 2.45) is 5.92 Å². The number of halogens is 2. The van der Waals surface area contributed by atoms with Crippen LogP contribution in [0.2, 0.25) is 0 Å². The molecule has 2 heterocycles. The van der Waals surface area contributed by atoms with Gasteiger partial charge in [0.2, 0.25) is 12.7 Å². The number of Topliss-reactive ketones (excluding diaryl/α,β-unsaturated/α-hetero) is 1. The SMILES string of the molecule is CC(=O)c1cc2c(cc1NC(=O)C1CCN(C(=O)c3ccc(F)cc3F)CC1)OCO2. The normalized spacial score (nSPS) is 15.6. The van der Waals surface area contributed by atoms with Crippen LogP contribution in [0.25, 0.3) is 0 Å². The van der Waals surface area contributed by atoms with E-state index in [0.29, 0.717) is 41.7 Å². The van der Waals surface area contributed by atoms with E-state index in [0.717, 1.165) is 12.1 Å². The van der Waals surface area contributed by atoms with Crippen LogP contribution in [0.15, 0.2) is 30.3 Å². The molecule has 2 aromatic carbocycles. The van der Waals surface area contributed by atoms with Gasteiger partial charge >= 0.3 is 0 Å². The molecule has 7 nitrogen and oxygen atoms in total. The number of ether oxygens (including phenoxy) is 2. The molecular formula is C22H20F2N2O5. The van der Waals surface area contributed by atoms with Gasteiger partial charge in [-0.1, -0.05) is 0 Å². The maximum atomic E-state index is 13.9. The molecule has 0 saturated carbocycles. The average Bonchev–Trinajstić information content (AvgIpc) is 3.20. The third-order valence-corrected chi connectivity index (χ3v) is 5.46. The number of benzene rings is 2. The quantitative estimate of drug-likeness (QED) is 0.752. The molecule has 31 heavy (non-hydrogen) atoms. The number of anilines is 1. The first-order valence-electron chi connectivity index (χ1n) is 9.83. The van der Waals surface area contributed by atoms with Crippen LogP contribution in [-0.2, 0) is 4.79 Å². The number of nitrogens with one attached hydrogen (secondary N) is 1. The molecule has 0 atom stereocenters. The highest BCUT2D eigenvalue weighted by molar-refractivity contribution is 6.05. The fourth-order valence-electron chi connectivity index (χ4n) is 3.75. The highest BCUT2D eigenvalue weighted by Crippen LogP contribution is 2.37. The Morgan fingerprint density at radius 3 is 2.32 bits per heavy atom. The smallest absolute Gasteiger partial charge is 0.256 e. The molecule has 0 radical (unpaired) electrons. The second-order valence-electron chi connectivity index (χ2n) is 7.49. The van der Waals surface area contributed by atoms with Crippen LogP contribution >= 0.6 is 0 Å². The zero-order valence-electron chi connectivity index (χ0n) is 16.7. The molecule has 0 unspecified atom stereocenters. The van der Waals surface area contributed by atoms with Crippen molar-refractivity contribution in [3.8, 4) is 11.5 Å². The average molecular weight is 430 g/mol. The van der Waals surface area contributed by atoms with Crippen molar-refractivity contribution in [1.29, 1.82) is 0 Å². The summed E-state index contributed by atoms with van der Waals surface area (Å²) in [6, 6.07) is 5.93. The summed E-state index contributed by atoms with van der Waals surface area (Å²) in [6.07, 6.45) is 0.751. The molecule has 0 aromatic heterocycles. The summed E-state index contributed by atoms with van der Waals surface area (Å²) in [5.41, 5.74) is 0.460. The molecular weight excluding hydrogens is 410 g/mol. The number of hydrogen-bond donors (Lipinski definition) is 1. The lowest BCUT2D eigenvalue weighted by molar-refractivity contribution is -0.121. The minimum Gasteiger partial charge on any atom is -0.454 e. The number of likely N-dealkylation sites (tertiary alicyclic amines) is 1. The van der Waals surface area contributed by atoms with Crippen LogP contribution in [0.3, 0.4) is 0 Å². The number of carbonyl (C=O) groups excluding carboxylic acids is 3. The third-order valence-electron chi connectivity index (χ3n) is 5.46. The van der Waals surface area contributed by atoms with Crippen LogP contribution in [0.5, 0.6) is 11.5 Å². The van der Waals surface area contributed by atoms with Crippen molar-refractivity contribution in [1.82, 2.24) is 4.90 Å². The fourth-order valence-corrected chi connectivity index (χ4v) is 3.75. The van der Waals surface area contributed by atoms with Gasteiger partial charge in [0.05, 0.1) is 11.3 Å². The molecule has 9 heteroatoms. The minimum atomic E-state index is -0.913. The zero-order valence-corrected chi connectivity index (χ0v) is 16.7. The second kappa shape index (κ2) is 8.33. The van der Waals surface area contributed by atoms with Gasteiger partial charge in [-0.2, -0.15) is 0 Å². The first-order chi connectivity index (χ1) is 14.8. The number of ketones is 1. The van der Waals surface area contributed by atoms with E-state index in [4.69, 9.17) is 9.47 Å². The van der Waals surface area contributed by atoms with Gasteiger partial charge in [0.25, 0.3) is 5.91 Å². The lowest BCUT2D eigenvalue weighted by Gasteiger charge is -2.31. The summed E-state index contributed by atoms with van der Waals surface area (Å²) < 4.78 is 37.6. The first kappa shape index (κ1) is 20.8. The van der Waals surface area contributed by atoms with Gasteiger partial charge in [-0.25, -0.2) is 8.78 Å². The number of fused-ring (bicyclic) bond motifs is 1. The van der Waals surface area contributed by atoms with Crippen LogP contribution in [0, 0.1) is 17.6 Å². The maximum Gasteiger partial charge on any atom is 0.256 e. The van der Waals surface area contributed by atoms with E-state index in [9.17, 15) is 23.2 Å². The largest absolute Gasteiger partial charge is 0.454 e. The zero-order chi connectivity index (χ0) is 22.1. The maximum absolute atomic E-state index is 13.9. The summed E-state index contributed by atoms with van der Waals surface area (Å²) in [5, 5.41) is 2.78.